The van der Waals surface area contributed by atoms with Crippen LogP contribution >= 0.6 is 0 Å². The van der Waals surface area contributed by atoms with Crippen molar-refractivity contribution in [3.05, 3.63) is 76.4 Å². The fourth-order valence-corrected chi connectivity index (χ4v) is 6.02. The lowest BCUT2D eigenvalue weighted by atomic mass is 9.96. The first-order valence-electron chi connectivity index (χ1n) is 11.4. The first-order valence-corrected chi connectivity index (χ1v) is 12.9. The van der Waals surface area contributed by atoms with E-state index in [1.807, 2.05) is 32.0 Å². The molecule has 0 spiro atoms. The van der Waals surface area contributed by atoms with Crippen LogP contribution in [-0.2, 0) is 14.8 Å². The molecule has 0 bridgehead atoms. The molecule has 0 unspecified atom stereocenters. The summed E-state index contributed by atoms with van der Waals surface area (Å²) in [5.74, 6) is -0.773. The van der Waals surface area contributed by atoms with Crippen LogP contribution in [0.5, 0.6) is 0 Å². The van der Waals surface area contributed by atoms with Crippen molar-refractivity contribution in [2.24, 2.45) is 5.92 Å². The van der Waals surface area contributed by atoms with E-state index in [1.165, 1.54) is 22.5 Å². The number of nitrogens with zero attached hydrogens (tertiary/aromatic N) is 2. The average Bonchev–Trinajstić information content (AvgIpc) is 3.22. The Balaban J connectivity index is 1.47. The Morgan fingerprint density at radius 1 is 1.06 bits per heavy atom. The number of hydrogen-bond acceptors (Lipinski definition) is 5. The predicted octanol–water partition coefficient (Wildman–Crippen LogP) is 4.95. The molecular formula is C26H28FN3O4S. The SMILES string of the molecule is Cc1cccc(C)c1NC(=O)C1CCN(S(=O)(=O)c2c(C)noc2/C=C/c2ccccc2F)CC1. The van der Waals surface area contributed by atoms with E-state index in [0.717, 1.165) is 16.8 Å². The Hall–Kier alpha value is -3.30. The summed E-state index contributed by atoms with van der Waals surface area (Å²) >= 11 is 0. The summed E-state index contributed by atoms with van der Waals surface area (Å²) in [6, 6.07) is 12.0. The average molecular weight is 498 g/mol. The number of para-hydroxylation sites is 1. The number of anilines is 1. The second kappa shape index (κ2) is 10.1. The first-order chi connectivity index (χ1) is 16.7. The number of benzene rings is 2. The van der Waals surface area contributed by atoms with E-state index in [9.17, 15) is 17.6 Å². The Morgan fingerprint density at radius 2 is 1.71 bits per heavy atom. The van der Waals surface area contributed by atoms with Crippen LogP contribution in [0.3, 0.4) is 0 Å². The monoisotopic (exact) mass is 497 g/mol. The van der Waals surface area contributed by atoms with Crippen molar-refractivity contribution in [1.29, 1.82) is 0 Å². The Bertz CT molecular complexity index is 1350. The molecule has 1 aromatic heterocycles. The minimum Gasteiger partial charge on any atom is -0.355 e. The van der Waals surface area contributed by atoms with Crippen molar-refractivity contribution in [1.82, 2.24) is 9.46 Å². The molecule has 184 valence electrons. The zero-order valence-corrected chi connectivity index (χ0v) is 20.7. The van der Waals surface area contributed by atoms with E-state index in [4.69, 9.17) is 4.52 Å². The van der Waals surface area contributed by atoms with Crippen molar-refractivity contribution in [3.63, 3.8) is 0 Å². The highest BCUT2D eigenvalue weighted by atomic mass is 32.2. The van der Waals surface area contributed by atoms with Gasteiger partial charge < -0.3 is 9.84 Å². The zero-order valence-electron chi connectivity index (χ0n) is 19.9. The lowest BCUT2D eigenvalue weighted by molar-refractivity contribution is -0.120. The molecule has 0 atom stereocenters. The Labute approximate surface area is 204 Å². The van der Waals surface area contributed by atoms with E-state index in [0.29, 0.717) is 18.4 Å². The minimum atomic E-state index is -3.92. The van der Waals surface area contributed by atoms with Gasteiger partial charge in [-0.05, 0) is 63.0 Å². The zero-order chi connectivity index (χ0) is 25.2. The van der Waals surface area contributed by atoms with Crippen molar-refractivity contribution in [2.45, 2.75) is 38.5 Å². The number of carbonyl (C=O) groups excluding carboxylic acids is 1. The van der Waals surface area contributed by atoms with Crippen LogP contribution in [0.15, 0.2) is 51.9 Å². The van der Waals surface area contributed by atoms with Gasteiger partial charge in [-0.25, -0.2) is 12.8 Å². The highest BCUT2D eigenvalue weighted by molar-refractivity contribution is 7.89. The van der Waals surface area contributed by atoms with Gasteiger partial charge in [0.25, 0.3) is 0 Å². The van der Waals surface area contributed by atoms with Gasteiger partial charge in [0.1, 0.15) is 11.5 Å². The van der Waals surface area contributed by atoms with E-state index in [-0.39, 0.29) is 41.3 Å². The van der Waals surface area contributed by atoms with E-state index in [1.54, 1.807) is 25.1 Å². The van der Waals surface area contributed by atoms with E-state index >= 15 is 0 Å². The third-order valence-electron chi connectivity index (χ3n) is 6.30. The van der Waals surface area contributed by atoms with E-state index in [2.05, 4.69) is 10.5 Å². The largest absolute Gasteiger partial charge is 0.355 e. The number of nitrogens with one attached hydrogen (secondary N) is 1. The second-order valence-corrected chi connectivity index (χ2v) is 10.6. The molecule has 1 aliphatic rings. The Morgan fingerprint density at radius 3 is 2.37 bits per heavy atom. The topological polar surface area (TPSA) is 92.5 Å². The quantitative estimate of drug-likeness (QED) is 0.520. The van der Waals surface area contributed by atoms with Gasteiger partial charge >= 0.3 is 0 Å². The third kappa shape index (κ3) is 5.21. The summed E-state index contributed by atoms with van der Waals surface area (Å²) in [6.07, 6.45) is 3.68. The number of amides is 1. The van der Waals surface area contributed by atoms with Crippen LogP contribution < -0.4 is 5.32 Å². The summed E-state index contributed by atoms with van der Waals surface area (Å²) in [6.45, 7) is 5.85. The molecule has 7 nitrogen and oxygen atoms in total. The number of halogens is 1. The van der Waals surface area contributed by atoms with Crippen LogP contribution in [-0.4, -0.2) is 36.9 Å². The van der Waals surface area contributed by atoms with Crippen molar-refractivity contribution in [3.8, 4) is 0 Å². The van der Waals surface area contributed by atoms with Crippen LogP contribution in [0.2, 0.25) is 0 Å². The van der Waals surface area contributed by atoms with Crippen molar-refractivity contribution < 1.29 is 22.1 Å². The molecular weight excluding hydrogens is 469 g/mol. The fraction of sp³-hybridized carbons (Fsp3) is 0.308. The van der Waals surface area contributed by atoms with Gasteiger partial charge in [-0.1, -0.05) is 41.6 Å². The minimum absolute atomic E-state index is 0.0384. The molecule has 3 aromatic rings. The van der Waals surface area contributed by atoms with E-state index < -0.39 is 15.8 Å². The maximum Gasteiger partial charge on any atom is 0.248 e. The molecule has 2 heterocycles. The number of sulfonamides is 1. The molecule has 35 heavy (non-hydrogen) atoms. The molecule has 1 saturated heterocycles. The van der Waals surface area contributed by atoms with Gasteiger partial charge in [-0.2, -0.15) is 4.31 Å². The molecule has 1 amide bonds. The van der Waals surface area contributed by atoms with Gasteiger partial charge in [-0.3, -0.25) is 4.79 Å². The maximum absolute atomic E-state index is 13.9. The highest BCUT2D eigenvalue weighted by Gasteiger charge is 2.36. The molecule has 1 N–H and O–H groups in total. The number of carbonyl (C=O) groups is 1. The van der Waals surface area contributed by atoms with Crippen molar-refractivity contribution >= 4 is 33.8 Å². The van der Waals surface area contributed by atoms with Gasteiger partial charge in [0.05, 0.1) is 0 Å². The molecule has 0 aliphatic carbocycles. The van der Waals surface area contributed by atoms with Gasteiger partial charge in [0.15, 0.2) is 10.7 Å². The summed E-state index contributed by atoms with van der Waals surface area (Å²) in [7, 11) is -3.92. The second-order valence-electron chi connectivity index (χ2n) is 8.75. The molecule has 1 fully saturated rings. The van der Waals surface area contributed by atoms with Crippen LogP contribution in [0.25, 0.3) is 12.2 Å². The molecule has 4 rings (SSSR count). The first kappa shape index (κ1) is 24.8. The smallest absolute Gasteiger partial charge is 0.248 e. The number of rotatable bonds is 6. The van der Waals surface area contributed by atoms with Crippen LogP contribution in [0, 0.1) is 32.5 Å². The number of hydrogen-bond donors (Lipinski definition) is 1. The number of piperidine rings is 1. The van der Waals surface area contributed by atoms with Gasteiger partial charge in [-0.15, -0.1) is 0 Å². The summed E-state index contributed by atoms with van der Waals surface area (Å²) in [5.41, 5.74) is 3.31. The maximum atomic E-state index is 13.9. The number of aryl methyl sites for hydroxylation is 3. The van der Waals surface area contributed by atoms with Crippen LogP contribution in [0.4, 0.5) is 10.1 Å². The highest BCUT2D eigenvalue weighted by Crippen LogP contribution is 2.30. The summed E-state index contributed by atoms with van der Waals surface area (Å²) in [5, 5.41) is 6.84. The number of aromatic nitrogens is 1. The third-order valence-corrected chi connectivity index (χ3v) is 8.36. The molecule has 9 heteroatoms. The predicted molar refractivity (Wildman–Crippen MR) is 133 cm³/mol. The lowest BCUT2D eigenvalue weighted by Gasteiger charge is -2.30. The molecule has 0 saturated carbocycles. The summed E-state index contributed by atoms with van der Waals surface area (Å²) in [4.78, 5) is 12.8. The Kier molecular flexibility index (Phi) is 7.18. The normalized spacial score (nSPS) is 15.5. The summed E-state index contributed by atoms with van der Waals surface area (Å²) < 4.78 is 47.4. The van der Waals surface area contributed by atoms with Crippen molar-refractivity contribution in [2.75, 3.05) is 18.4 Å². The standard InChI is InChI=1S/C26H28FN3O4S/c1-17-7-6-8-18(2)24(17)28-26(31)21-13-15-30(16-14-21)35(32,33)25-19(3)29-34-23(25)12-11-20-9-4-5-10-22(20)27/h4-12,21H,13-16H2,1-3H3,(H,28,31)/b12-11+. The van der Waals surface area contributed by atoms with Gasteiger partial charge in [0.2, 0.25) is 15.9 Å². The fourth-order valence-electron chi connectivity index (χ4n) is 4.30. The molecule has 2 aromatic carbocycles. The van der Waals surface area contributed by atoms with Gasteiger partial charge in [0, 0.05) is 30.3 Å². The van der Waals surface area contributed by atoms with Crippen LogP contribution in [0.1, 0.15) is 41.0 Å². The molecule has 0 radical (unpaired) electrons. The molecule has 1 aliphatic heterocycles. The lowest BCUT2D eigenvalue weighted by Crippen LogP contribution is -2.41.